The third-order valence-electron chi connectivity index (χ3n) is 3.58. The average molecular weight is 278 g/mol. The van der Waals surface area contributed by atoms with E-state index >= 15 is 0 Å². The number of amides is 1. The number of nitrogens with zero attached hydrogens (tertiary/aromatic N) is 1. The van der Waals surface area contributed by atoms with Gasteiger partial charge in [0, 0.05) is 32.5 Å². The molecule has 2 aliphatic rings. The summed E-state index contributed by atoms with van der Waals surface area (Å²) in [5, 5.41) is 2.90. The van der Waals surface area contributed by atoms with Gasteiger partial charge < -0.3 is 19.7 Å². The normalized spacial score (nSPS) is 27.2. The number of carbonyl (C=O) groups is 1. The summed E-state index contributed by atoms with van der Waals surface area (Å²) in [4.78, 5) is 13.6. The lowest BCUT2D eigenvalue weighted by Gasteiger charge is -2.38. The van der Waals surface area contributed by atoms with Crippen molar-refractivity contribution in [2.75, 3.05) is 32.8 Å². The lowest BCUT2D eigenvalue weighted by Crippen LogP contribution is -2.52. The molecule has 0 saturated carbocycles. The fraction of sp³-hybridized carbons (Fsp3) is 0.917. The summed E-state index contributed by atoms with van der Waals surface area (Å²) in [7, 11) is 0. The summed E-state index contributed by atoms with van der Waals surface area (Å²) in [6, 6.07) is 0. The number of carbonyl (C=O) groups excluding carboxylic acids is 1. The minimum Gasteiger partial charge on any atom is -0.374 e. The van der Waals surface area contributed by atoms with Crippen LogP contribution in [0.4, 0.5) is 8.78 Å². The highest BCUT2D eigenvalue weighted by Crippen LogP contribution is 2.29. The Balaban J connectivity index is 1.67. The number of rotatable bonds is 5. The fourth-order valence-electron chi connectivity index (χ4n) is 2.49. The lowest BCUT2D eigenvalue weighted by molar-refractivity contribution is -0.123. The standard InChI is InChI=1S/C12H20F2N2O3/c1-9-11(17)15-12(19-9)2-4-16(5-3-12)6-7-18-8-10(13)14/h9-10H,2-8H2,1H3,(H,15,17). The topological polar surface area (TPSA) is 50.8 Å². The van der Waals surface area contributed by atoms with E-state index in [0.29, 0.717) is 13.2 Å². The number of alkyl halides is 2. The first kappa shape index (κ1) is 14.6. The number of piperidine rings is 1. The van der Waals surface area contributed by atoms with Crippen LogP contribution in [0.2, 0.25) is 0 Å². The molecule has 0 radical (unpaired) electrons. The molecule has 19 heavy (non-hydrogen) atoms. The van der Waals surface area contributed by atoms with Gasteiger partial charge in [0.1, 0.15) is 18.4 Å². The van der Waals surface area contributed by atoms with Crippen LogP contribution < -0.4 is 5.32 Å². The molecule has 0 aromatic rings. The maximum Gasteiger partial charge on any atom is 0.261 e. The zero-order valence-corrected chi connectivity index (χ0v) is 11.0. The number of hydrogen-bond acceptors (Lipinski definition) is 4. The van der Waals surface area contributed by atoms with Crippen molar-refractivity contribution in [1.29, 1.82) is 0 Å². The summed E-state index contributed by atoms with van der Waals surface area (Å²) in [6.45, 7) is 3.71. The van der Waals surface area contributed by atoms with Crippen molar-refractivity contribution in [2.24, 2.45) is 0 Å². The van der Waals surface area contributed by atoms with Gasteiger partial charge in [0.15, 0.2) is 0 Å². The number of nitrogens with one attached hydrogen (secondary N) is 1. The van der Waals surface area contributed by atoms with Crippen LogP contribution in [0.1, 0.15) is 19.8 Å². The maximum absolute atomic E-state index is 11.9. The largest absolute Gasteiger partial charge is 0.374 e. The fourth-order valence-corrected chi connectivity index (χ4v) is 2.49. The highest BCUT2D eigenvalue weighted by atomic mass is 19.3. The first-order valence-corrected chi connectivity index (χ1v) is 6.59. The van der Waals surface area contributed by atoms with Gasteiger partial charge in [-0.1, -0.05) is 0 Å². The van der Waals surface area contributed by atoms with Crippen molar-refractivity contribution >= 4 is 5.91 Å². The maximum atomic E-state index is 11.9. The van der Waals surface area contributed by atoms with E-state index in [4.69, 9.17) is 9.47 Å². The third kappa shape index (κ3) is 3.84. The van der Waals surface area contributed by atoms with E-state index in [1.807, 2.05) is 0 Å². The van der Waals surface area contributed by atoms with E-state index in [2.05, 4.69) is 10.2 Å². The Hall–Kier alpha value is -0.790. The van der Waals surface area contributed by atoms with Crippen LogP contribution in [0.25, 0.3) is 0 Å². The van der Waals surface area contributed by atoms with Crippen LogP contribution in [-0.2, 0) is 14.3 Å². The first-order chi connectivity index (χ1) is 9.01. The molecule has 2 heterocycles. The van der Waals surface area contributed by atoms with Gasteiger partial charge in [-0.2, -0.15) is 0 Å². The molecule has 0 bridgehead atoms. The van der Waals surface area contributed by atoms with Crippen molar-refractivity contribution in [3.63, 3.8) is 0 Å². The van der Waals surface area contributed by atoms with Crippen LogP contribution in [-0.4, -0.2) is 61.9 Å². The van der Waals surface area contributed by atoms with E-state index in [1.165, 1.54) is 0 Å². The van der Waals surface area contributed by atoms with E-state index in [1.54, 1.807) is 6.92 Å². The summed E-state index contributed by atoms with van der Waals surface area (Å²) >= 11 is 0. The lowest BCUT2D eigenvalue weighted by atomic mass is 10.0. The highest BCUT2D eigenvalue weighted by Gasteiger charge is 2.44. The van der Waals surface area contributed by atoms with Crippen LogP contribution in [0.3, 0.4) is 0 Å². The number of likely N-dealkylation sites (tertiary alicyclic amines) is 1. The Bertz CT molecular complexity index is 320. The molecular weight excluding hydrogens is 258 g/mol. The molecule has 1 N–H and O–H groups in total. The molecule has 1 amide bonds. The van der Waals surface area contributed by atoms with Gasteiger partial charge in [-0.25, -0.2) is 8.78 Å². The predicted octanol–water partition coefficient (Wildman–Crippen LogP) is 0.595. The van der Waals surface area contributed by atoms with Crippen molar-refractivity contribution in [3.8, 4) is 0 Å². The Morgan fingerprint density at radius 2 is 2.21 bits per heavy atom. The summed E-state index contributed by atoms with van der Waals surface area (Å²) < 4.78 is 34.3. The monoisotopic (exact) mass is 278 g/mol. The number of halogens is 2. The molecule has 0 aliphatic carbocycles. The molecule has 2 rings (SSSR count). The molecule has 7 heteroatoms. The Labute approximate surface area is 111 Å². The number of ether oxygens (including phenoxy) is 2. The molecule has 2 aliphatic heterocycles. The molecule has 1 spiro atoms. The summed E-state index contributed by atoms with van der Waals surface area (Å²) in [5.41, 5.74) is -0.517. The smallest absolute Gasteiger partial charge is 0.261 e. The molecule has 2 saturated heterocycles. The Morgan fingerprint density at radius 3 is 2.74 bits per heavy atom. The van der Waals surface area contributed by atoms with E-state index in [0.717, 1.165) is 25.9 Å². The molecule has 5 nitrogen and oxygen atoms in total. The van der Waals surface area contributed by atoms with Crippen LogP contribution >= 0.6 is 0 Å². The quantitative estimate of drug-likeness (QED) is 0.748. The van der Waals surface area contributed by atoms with E-state index in [9.17, 15) is 13.6 Å². The molecule has 2 fully saturated rings. The van der Waals surface area contributed by atoms with Crippen molar-refractivity contribution in [2.45, 2.75) is 38.0 Å². The second-order valence-corrected chi connectivity index (χ2v) is 5.05. The minimum atomic E-state index is -2.41. The first-order valence-electron chi connectivity index (χ1n) is 6.59. The molecule has 1 unspecified atom stereocenters. The van der Waals surface area contributed by atoms with Gasteiger partial charge in [-0.15, -0.1) is 0 Å². The van der Waals surface area contributed by atoms with Gasteiger partial charge in [0.25, 0.3) is 12.3 Å². The van der Waals surface area contributed by atoms with Gasteiger partial charge in [0.05, 0.1) is 6.61 Å². The van der Waals surface area contributed by atoms with Gasteiger partial charge in [0.2, 0.25) is 0 Å². The second kappa shape index (κ2) is 6.11. The molecular formula is C12H20F2N2O3. The Kier molecular flexibility index (Phi) is 4.70. The minimum absolute atomic E-state index is 0.0614. The highest BCUT2D eigenvalue weighted by molar-refractivity contribution is 5.82. The summed E-state index contributed by atoms with van der Waals surface area (Å²) in [6.07, 6.45) is -1.36. The second-order valence-electron chi connectivity index (χ2n) is 5.05. The molecule has 1 atom stereocenters. The van der Waals surface area contributed by atoms with Crippen LogP contribution in [0.15, 0.2) is 0 Å². The van der Waals surface area contributed by atoms with Crippen molar-refractivity contribution in [1.82, 2.24) is 10.2 Å². The SMILES string of the molecule is CC1OC2(CCN(CCOCC(F)F)CC2)NC1=O. The van der Waals surface area contributed by atoms with Gasteiger partial charge in [-0.05, 0) is 6.92 Å². The van der Waals surface area contributed by atoms with E-state index < -0.39 is 18.8 Å². The van der Waals surface area contributed by atoms with Crippen molar-refractivity contribution < 1.29 is 23.0 Å². The van der Waals surface area contributed by atoms with Crippen LogP contribution in [0.5, 0.6) is 0 Å². The van der Waals surface area contributed by atoms with E-state index in [-0.39, 0.29) is 12.0 Å². The Morgan fingerprint density at radius 1 is 1.53 bits per heavy atom. The summed E-state index contributed by atoms with van der Waals surface area (Å²) in [5.74, 6) is -0.0614. The molecule has 0 aromatic carbocycles. The third-order valence-corrected chi connectivity index (χ3v) is 3.58. The van der Waals surface area contributed by atoms with Crippen molar-refractivity contribution in [3.05, 3.63) is 0 Å². The van der Waals surface area contributed by atoms with Gasteiger partial charge >= 0.3 is 0 Å². The molecule has 0 aromatic heterocycles. The average Bonchev–Trinajstić information content (AvgIpc) is 2.62. The zero-order valence-electron chi connectivity index (χ0n) is 11.0. The molecule has 110 valence electrons. The number of hydrogen-bond donors (Lipinski definition) is 1. The zero-order chi connectivity index (χ0) is 13.9. The van der Waals surface area contributed by atoms with Crippen LogP contribution in [0, 0.1) is 0 Å². The predicted molar refractivity (Wildman–Crippen MR) is 63.9 cm³/mol. The van der Waals surface area contributed by atoms with Gasteiger partial charge in [-0.3, -0.25) is 4.79 Å².